The van der Waals surface area contributed by atoms with E-state index in [1.54, 1.807) is 0 Å². The number of carbonyl (C=O) groups excluding carboxylic acids is 1. The average molecular weight is 281 g/mol. The summed E-state index contributed by atoms with van der Waals surface area (Å²) in [6, 6.07) is 15.4. The van der Waals surface area contributed by atoms with Gasteiger partial charge in [-0.2, -0.15) is 0 Å². The number of aromatic nitrogens is 2. The second-order valence-electron chi connectivity index (χ2n) is 4.64. The van der Waals surface area contributed by atoms with Gasteiger partial charge in [0, 0.05) is 17.8 Å². The number of nitrogens with one attached hydrogen (secondary N) is 1. The molecule has 0 unspecified atom stereocenters. The van der Waals surface area contributed by atoms with Crippen LogP contribution < -0.4 is 5.32 Å². The van der Waals surface area contributed by atoms with Crippen LogP contribution in [0.4, 0.5) is 5.69 Å². The van der Waals surface area contributed by atoms with Crippen molar-refractivity contribution >= 4 is 23.1 Å². The minimum absolute atomic E-state index is 0.0413. The number of carbonyl (C=O) groups is 1. The van der Waals surface area contributed by atoms with Crippen molar-refractivity contribution in [2.75, 3.05) is 11.9 Å². The molecule has 0 bridgehead atoms. The van der Waals surface area contributed by atoms with E-state index in [1.807, 2.05) is 53.1 Å². The number of imidazole rings is 1. The number of fused-ring (bicyclic) bond motifs is 1. The molecule has 0 aliphatic rings. The number of rotatable bonds is 5. The maximum Gasteiger partial charge on any atom is 0.211 e. The number of amides is 1. The molecule has 1 heterocycles. The molecule has 3 aromatic rings. The van der Waals surface area contributed by atoms with Gasteiger partial charge in [0.25, 0.3) is 0 Å². The molecule has 0 saturated carbocycles. The summed E-state index contributed by atoms with van der Waals surface area (Å²) in [5, 5.41) is 11.9. The average Bonchev–Trinajstić information content (AvgIpc) is 2.87. The highest BCUT2D eigenvalue weighted by Gasteiger charge is 2.12. The molecule has 2 N–H and O–H groups in total. The molecule has 0 saturated heterocycles. The maximum absolute atomic E-state index is 10.5. The molecule has 106 valence electrons. The molecular formula is C16H15N3O2. The zero-order valence-electron chi connectivity index (χ0n) is 11.4. The molecule has 0 radical (unpaired) electrons. The van der Waals surface area contributed by atoms with Crippen LogP contribution in [0.3, 0.4) is 0 Å². The summed E-state index contributed by atoms with van der Waals surface area (Å²) >= 11 is 0. The summed E-state index contributed by atoms with van der Waals surface area (Å²) in [7, 11) is 0. The van der Waals surface area contributed by atoms with Crippen molar-refractivity contribution in [2.45, 2.75) is 6.54 Å². The Hall–Kier alpha value is -2.66. The standard InChI is InChI=1S/C16H15N3O2/c20-9-8-19-15-7-6-13(17-11-21)10-14(15)18-16(19)12-4-2-1-3-5-12/h1-7,10-11,20H,8-9H2,(H,17,21). The van der Waals surface area contributed by atoms with Gasteiger partial charge in [0.1, 0.15) is 5.82 Å². The van der Waals surface area contributed by atoms with Crippen LogP contribution >= 0.6 is 0 Å². The Labute approximate surface area is 121 Å². The van der Waals surface area contributed by atoms with E-state index in [0.29, 0.717) is 18.6 Å². The smallest absolute Gasteiger partial charge is 0.211 e. The molecule has 2 aromatic carbocycles. The number of aliphatic hydroxyl groups is 1. The van der Waals surface area contributed by atoms with Crippen LogP contribution in [-0.2, 0) is 11.3 Å². The molecule has 0 aliphatic carbocycles. The van der Waals surface area contributed by atoms with Crippen molar-refractivity contribution in [1.29, 1.82) is 0 Å². The lowest BCUT2D eigenvalue weighted by molar-refractivity contribution is -0.105. The molecule has 21 heavy (non-hydrogen) atoms. The first-order valence-corrected chi connectivity index (χ1v) is 6.70. The third kappa shape index (κ3) is 2.51. The van der Waals surface area contributed by atoms with Gasteiger partial charge in [-0.05, 0) is 18.2 Å². The van der Waals surface area contributed by atoms with E-state index in [2.05, 4.69) is 10.3 Å². The Kier molecular flexibility index (Phi) is 3.66. The Morgan fingerprint density at radius 3 is 2.71 bits per heavy atom. The quantitative estimate of drug-likeness (QED) is 0.705. The Morgan fingerprint density at radius 2 is 2.00 bits per heavy atom. The van der Waals surface area contributed by atoms with Gasteiger partial charge in [0.2, 0.25) is 6.41 Å². The fraction of sp³-hybridized carbons (Fsp3) is 0.125. The minimum Gasteiger partial charge on any atom is -0.395 e. The van der Waals surface area contributed by atoms with Crippen molar-refractivity contribution in [2.24, 2.45) is 0 Å². The monoisotopic (exact) mass is 281 g/mol. The van der Waals surface area contributed by atoms with E-state index in [9.17, 15) is 9.90 Å². The fourth-order valence-corrected chi connectivity index (χ4v) is 2.42. The number of benzene rings is 2. The van der Waals surface area contributed by atoms with Crippen molar-refractivity contribution in [3.8, 4) is 11.4 Å². The maximum atomic E-state index is 10.5. The van der Waals surface area contributed by atoms with Gasteiger partial charge in [-0.1, -0.05) is 30.3 Å². The number of hydrogen-bond donors (Lipinski definition) is 2. The van der Waals surface area contributed by atoms with Crippen molar-refractivity contribution < 1.29 is 9.90 Å². The van der Waals surface area contributed by atoms with Crippen LogP contribution in [0.5, 0.6) is 0 Å². The largest absolute Gasteiger partial charge is 0.395 e. The van der Waals surface area contributed by atoms with Crippen LogP contribution in [0, 0.1) is 0 Å². The number of aliphatic hydroxyl groups excluding tert-OH is 1. The third-order valence-corrected chi connectivity index (χ3v) is 3.33. The highest BCUT2D eigenvalue weighted by Crippen LogP contribution is 2.26. The molecule has 1 amide bonds. The topological polar surface area (TPSA) is 67.2 Å². The molecule has 0 fully saturated rings. The predicted molar refractivity (Wildman–Crippen MR) is 81.9 cm³/mol. The second-order valence-corrected chi connectivity index (χ2v) is 4.64. The molecule has 0 spiro atoms. The van der Waals surface area contributed by atoms with Gasteiger partial charge in [-0.15, -0.1) is 0 Å². The number of anilines is 1. The lowest BCUT2D eigenvalue weighted by Gasteiger charge is -2.07. The van der Waals surface area contributed by atoms with Gasteiger partial charge in [-0.3, -0.25) is 4.79 Å². The lowest BCUT2D eigenvalue weighted by atomic mass is 10.2. The van der Waals surface area contributed by atoms with E-state index in [4.69, 9.17) is 0 Å². The van der Waals surface area contributed by atoms with E-state index in [0.717, 1.165) is 22.4 Å². The van der Waals surface area contributed by atoms with E-state index < -0.39 is 0 Å². The lowest BCUT2D eigenvalue weighted by Crippen LogP contribution is -2.04. The van der Waals surface area contributed by atoms with Crippen molar-refractivity contribution in [1.82, 2.24) is 9.55 Å². The summed E-state index contributed by atoms with van der Waals surface area (Å²) in [6.07, 6.45) is 0.643. The van der Waals surface area contributed by atoms with Crippen LogP contribution in [0.1, 0.15) is 0 Å². The Balaban J connectivity index is 2.18. The van der Waals surface area contributed by atoms with Gasteiger partial charge in [0.05, 0.1) is 17.6 Å². The number of hydrogen-bond acceptors (Lipinski definition) is 3. The highest BCUT2D eigenvalue weighted by molar-refractivity contribution is 5.86. The summed E-state index contributed by atoms with van der Waals surface area (Å²) in [6.45, 7) is 0.515. The van der Waals surface area contributed by atoms with Crippen LogP contribution in [0.2, 0.25) is 0 Å². The minimum atomic E-state index is 0.0413. The molecule has 3 rings (SSSR count). The third-order valence-electron chi connectivity index (χ3n) is 3.33. The van der Waals surface area contributed by atoms with Gasteiger partial charge in [0.15, 0.2) is 0 Å². The van der Waals surface area contributed by atoms with E-state index >= 15 is 0 Å². The first-order valence-electron chi connectivity index (χ1n) is 6.70. The normalized spacial score (nSPS) is 10.7. The first-order chi connectivity index (χ1) is 10.3. The van der Waals surface area contributed by atoms with E-state index in [-0.39, 0.29) is 6.61 Å². The highest BCUT2D eigenvalue weighted by atomic mass is 16.3. The molecule has 5 heteroatoms. The second kappa shape index (κ2) is 5.76. The van der Waals surface area contributed by atoms with Crippen LogP contribution in [-0.4, -0.2) is 27.7 Å². The summed E-state index contributed by atoms with van der Waals surface area (Å²) in [5.74, 6) is 0.808. The molecule has 1 aromatic heterocycles. The molecule has 5 nitrogen and oxygen atoms in total. The number of nitrogens with zero attached hydrogens (tertiary/aromatic N) is 2. The molecular weight excluding hydrogens is 266 g/mol. The summed E-state index contributed by atoms with van der Waals surface area (Å²) < 4.78 is 1.98. The predicted octanol–water partition coefficient (Wildman–Crippen LogP) is 2.26. The molecule has 0 atom stereocenters. The van der Waals surface area contributed by atoms with Gasteiger partial charge in [-0.25, -0.2) is 4.98 Å². The van der Waals surface area contributed by atoms with Gasteiger partial charge < -0.3 is 15.0 Å². The van der Waals surface area contributed by atoms with Crippen LogP contribution in [0.25, 0.3) is 22.4 Å². The first kappa shape index (κ1) is 13.3. The molecule has 0 aliphatic heterocycles. The van der Waals surface area contributed by atoms with Crippen molar-refractivity contribution in [3.05, 3.63) is 48.5 Å². The zero-order chi connectivity index (χ0) is 14.7. The van der Waals surface area contributed by atoms with E-state index in [1.165, 1.54) is 0 Å². The van der Waals surface area contributed by atoms with Crippen molar-refractivity contribution in [3.63, 3.8) is 0 Å². The SMILES string of the molecule is O=CNc1ccc2c(c1)nc(-c1ccccc1)n2CCO. The Bertz CT molecular complexity index is 766. The van der Waals surface area contributed by atoms with Gasteiger partial charge >= 0.3 is 0 Å². The fourth-order valence-electron chi connectivity index (χ4n) is 2.42. The van der Waals surface area contributed by atoms with Crippen LogP contribution in [0.15, 0.2) is 48.5 Å². The summed E-state index contributed by atoms with van der Waals surface area (Å²) in [5.41, 5.74) is 3.41. The zero-order valence-corrected chi connectivity index (χ0v) is 11.4. The Morgan fingerprint density at radius 1 is 1.19 bits per heavy atom. The summed E-state index contributed by atoms with van der Waals surface area (Å²) in [4.78, 5) is 15.2.